The van der Waals surface area contributed by atoms with Gasteiger partial charge in [0.1, 0.15) is 6.23 Å². The van der Waals surface area contributed by atoms with Crippen molar-refractivity contribution in [2.75, 3.05) is 24.5 Å². The Morgan fingerprint density at radius 3 is 2.93 bits per heavy atom. The summed E-state index contributed by atoms with van der Waals surface area (Å²) in [5, 5.41) is 13.1. The topological polar surface area (TPSA) is 35.5 Å². The summed E-state index contributed by atoms with van der Waals surface area (Å²) >= 11 is 6.06. The second kappa shape index (κ2) is 4.17. The third-order valence-corrected chi connectivity index (χ3v) is 2.67. The van der Waals surface area contributed by atoms with Crippen molar-refractivity contribution >= 4 is 17.3 Å². The van der Waals surface area contributed by atoms with E-state index in [1.54, 1.807) is 0 Å². The van der Waals surface area contributed by atoms with E-state index in [2.05, 4.69) is 10.2 Å². The average molecular weight is 213 g/mol. The van der Waals surface area contributed by atoms with Crippen molar-refractivity contribution in [1.29, 1.82) is 0 Å². The molecule has 76 valence electrons. The van der Waals surface area contributed by atoms with Gasteiger partial charge in [-0.1, -0.05) is 23.7 Å². The molecule has 0 amide bonds. The largest absolute Gasteiger partial charge is 0.377 e. The second-order valence-corrected chi connectivity index (χ2v) is 3.77. The molecule has 1 saturated heterocycles. The van der Waals surface area contributed by atoms with E-state index in [1.165, 1.54) is 0 Å². The van der Waals surface area contributed by atoms with Crippen molar-refractivity contribution in [2.45, 2.75) is 6.23 Å². The Kier molecular flexibility index (Phi) is 2.91. The van der Waals surface area contributed by atoms with Crippen LogP contribution in [0, 0.1) is 0 Å². The molecular weight excluding hydrogens is 200 g/mol. The van der Waals surface area contributed by atoms with Gasteiger partial charge in [-0.2, -0.15) is 0 Å². The van der Waals surface area contributed by atoms with E-state index < -0.39 is 6.23 Å². The van der Waals surface area contributed by atoms with Gasteiger partial charge in [-0.3, -0.25) is 5.32 Å². The number of aliphatic hydroxyl groups excluding tert-OH is 1. The lowest BCUT2D eigenvalue weighted by Gasteiger charge is -2.33. The second-order valence-electron chi connectivity index (χ2n) is 3.37. The van der Waals surface area contributed by atoms with Crippen LogP contribution in [0.1, 0.15) is 0 Å². The number of nitrogens with one attached hydrogen (secondary N) is 1. The standard InChI is InChI=1S/C10H13ClN2O/c11-8-3-1-2-4-9(8)13-6-5-12-10(14)7-13/h1-4,10,12,14H,5-7H2. The van der Waals surface area contributed by atoms with Gasteiger partial charge in [0.2, 0.25) is 0 Å². The zero-order chi connectivity index (χ0) is 9.97. The summed E-state index contributed by atoms with van der Waals surface area (Å²) in [6, 6.07) is 7.70. The zero-order valence-corrected chi connectivity index (χ0v) is 8.54. The first-order chi connectivity index (χ1) is 6.77. The molecule has 2 rings (SSSR count). The lowest BCUT2D eigenvalue weighted by molar-refractivity contribution is 0.131. The quantitative estimate of drug-likeness (QED) is 0.731. The van der Waals surface area contributed by atoms with Crippen LogP contribution in [0.3, 0.4) is 0 Å². The predicted molar refractivity (Wildman–Crippen MR) is 57.7 cm³/mol. The predicted octanol–water partition coefficient (Wildman–Crippen LogP) is 1.07. The fourth-order valence-electron chi connectivity index (χ4n) is 1.66. The molecule has 1 aliphatic rings. The molecule has 4 heteroatoms. The number of hydrogen-bond acceptors (Lipinski definition) is 3. The Labute approximate surface area is 88.3 Å². The summed E-state index contributed by atoms with van der Waals surface area (Å²) in [6.45, 7) is 2.25. The number of aliphatic hydroxyl groups is 1. The lowest BCUT2D eigenvalue weighted by atomic mass is 10.2. The van der Waals surface area contributed by atoms with E-state index >= 15 is 0 Å². The Morgan fingerprint density at radius 1 is 1.43 bits per heavy atom. The van der Waals surface area contributed by atoms with Crippen LogP contribution in [0.2, 0.25) is 5.02 Å². The fraction of sp³-hybridized carbons (Fsp3) is 0.400. The SMILES string of the molecule is OC1CN(c2ccccc2Cl)CCN1. The van der Waals surface area contributed by atoms with Crippen LogP contribution in [0.15, 0.2) is 24.3 Å². The van der Waals surface area contributed by atoms with Crippen LogP contribution in [-0.2, 0) is 0 Å². The first-order valence-electron chi connectivity index (χ1n) is 4.68. The molecule has 1 aromatic rings. The maximum Gasteiger partial charge on any atom is 0.122 e. The Balaban J connectivity index is 2.18. The number of piperazine rings is 1. The van der Waals surface area contributed by atoms with E-state index in [0.717, 1.165) is 23.8 Å². The number of hydrogen-bond donors (Lipinski definition) is 2. The molecule has 1 fully saturated rings. The Morgan fingerprint density at radius 2 is 2.21 bits per heavy atom. The van der Waals surface area contributed by atoms with E-state index in [1.807, 2.05) is 24.3 Å². The normalized spacial score (nSPS) is 22.4. The van der Waals surface area contributed by atoms with Crippen molar-refractivity contribution < 1.29 is 5.11 Å². The highest BCUT2D eigenvalue weighted by atomic mass is 35.5. The summed E-state index contributed by atoms with van der Waals surface area (Å²) in [4.78, 5) is 2.09. The highest BCUT2D eigenvalue weighted by molar-refractivity contribution is 6.33. The molecule has 1 heterocycles. The summed E-state index contributed by atoms with van der Waals surface area (Å²) in [7, 11) is 0. The van der Waals surface area contributed by atoms with Crippen molar-refractivity contribution in [3.8, 4) is 0 Å². The molecule has 0 bridgehead atoms. The third kappa shape index (κ3) is 2.00. The van der Waals surface area contributed by atoms with Gasteiger partial charge in [0.05, 0.1) is 17.3 Å². The molecule has 0 aromatic heterocycles. The van der Waals surface area contributed by atoms with E-state index in [-0.39, 0.29) is 0 Å². The summed E-state index contributed by atoms with van der Waals surface area (Å²) in [5.74, 6) is 0. The average Bonchev–Trinajstić information content (AvgIpc) is 2.18. The molecule has 2 N–H and O–H groups in total. The number of halogens is 1. The molecule has 0 saturated carbocycles. The number of para-hydroxylation sites is 1. The maximum atomic E-state index is 9.44. The van der Waals surface area contributed by atoms with E-state index in [4.69, 9.17) is 11.6 Å². The Hall–Kier alpha value is -0.770. The molecule has 1 unspecified atom stereocenters. The van der Waals surface area contributed by atoms with Crippen molar-refractivity contribution in [1.82, 2.24) is 5.32 Å². The minimum Gasteiger partial charge on any atom is -0.377 e. The monoisotopic (exact) mass is 212 g/mol. The molecule has 0 spiro atoms. The van der Waals surface area contributed by atoms with Crippen LogP contribution in [-0.4, -0.2) is 31.0 Å². The van der Waals surface area contributed by atoms with Crippen molar-refractivity contribution in [3.63, 3.8) is 0 Å². The summed E-state index contributed by atoms with van der Waals surface area (Å²) in [6.07, 6.45) is -0.458. The molecule has 3 nitrogen and oxygen atoms in total. The van der Waals surface area contributed by atoms with Gasteiger partial charge in [-0.05, 0) is 12.1 Å². The van der Waals surface area contributed by atoms with Gasteiger partial charge in [0.25, 0.3) is 0 Å². The zero-order valence-electron chi connectivity index (χ0n) is 7.78. The number of β-amino-alcohol motifs (C(OH)–C–C–N with tert-alkyl or cyclic N) is 1. The molecule has 1 aromatic carbocycles. The van der Waals surface area contributed by atoms with Gasteiger partial charge in [-0.15, -0.1) is 0 Å². The summed E-state index contributed by atoms with van der Waals surface area (Å²) < 4.78 is 0. The van der Waals surface area contributed by atoms with Crippen molar-refractivity contribution in [2.24, 2.45) is 0 Å². The first kappa shape index (κ1) is 9.77. The first-order valence-corrected chi connectivity index (χ1v) is 5.06. The highest BCUT2D eigenvalue weighted by Gasteiger charge is 2.18. The number of nitrogens with zero attached hydrogens (tertiary/aromatic N) is 1. The molecule has 0 aliphatic carbocycles. The smallest absolute Gasteiger partial charge is 0.122 e. The third-order valence-electron chi connectivity index (χ3n) is 2.35. The number of benzene rings is 1. The number of anilines is 1. The minimum atomic E-state index is -0.458. The molecule has 0 radical (unpaired) electrons. The highest BCUT2D eigenvalue weighted by Crippen LogP contribution is 2.25. The van der Waals surface area contributed by atoms with Crippen LogP contribution in [0.25, 0.3) is 0 Å². The molecule has 14 heavy (non-hydrogen) atoms. The molecule has 1 aliphatic heterocycles. The Bertz CT molecular complexity index is 319. The van der Waals surface area contributed by atoms with Gasteiger partial charge in [0, 0.05) is 13.1 Å². The van der Waals surface area contributed by atoms with Gasteiger partial charge in [0.15, 0.2) is 0 Å². The summed E-state index contributed by atoms with van der Waals surface area (Å²) in [5.41, 5.74) is 0.995. The van der Waals surface area contributed by atoms with Crippen LogP contribution < -0.4 is 10.2 Å². The van der Waals surface area contributed by atoms with Crippen LogP contribution in [0.5, 0.6) is 0 Å². The van der Waals surface area contributed by atoms with Crippen molar-refractivity contribution in [3.05, 3.63) is 29.3 Å². The van der Waals surface area contributed by atoms with Crippen LogP contribution >= 0.6 is 11.6 Å². The van der Waals surface area contributed by atoms with E-state index in [0.29, 0.717) is 6.54 Å². The molecular formula is C10H13ClN2O. The number of rotatable bonds is 1. The van der Waals surface area contributed by atoms with Gasteiger partial charge >= 0.3 is 0 Å². The minimum absolute atomic E-state index is 0.458. The lowest BCUT2D eigenvalue weighted by Crippen LogP contribution is -2.50. The van der Waals surface area contributed by atoms with Crippen LogP contribution in [0.4, 0.5) is 5.69 Å². The van der Waals surface area contributed by atoms with Gasteiger partial charge in [-0.25, -0.2) is 0 Å². The van der Waals surface area contributed by atoms with E-state index in [9.17, 15) is 5.11 Å². The van der Waals surface area contributed by atoms with Gasteiger partial charge < -0.3 is 10.0 Å². The molecule has 1 atom stereocenters. The fourth-order valence-corrected chi connectivity index (χ4v) is 1.91. The maximum absolute atomic E-state index is 9.44.